The van der Waals surface area contributed by atoms with Gasteiger partial charge in [0.25, 0.3) is 0 Å². The fourth-order valence-electron chi connectivity index (χ4n) is 4.16. The summed E-state index contributed by atoms with van der Waals surface area (Å²) in [6.45, 7) is 18.1. The highest BCUT2D eigenvalue weighted by Crippen LogP contribution is 2.31. The van der Waals surface area contributed by atoms with E-state index in [0.29, 0.717) is 32.6 Å². The molecule has 1 aliphatic heterocycles. The van der Waals surface area contributed by atoms with E-state index in [9.17, 15) is 9.59 Å². The Hall–Kier alpha value is -1.10. The van der Waals surface area contributed by atoms with Crippen LogP contribution in [0.1, 0.15) is 86.8 Å². The van der Waals surface area contributed by atoms with Gasteiger partial charge >= 0.3 is 0 Å². The van der Waals surface area contributed by atoms with Crippen molar-refractivity contribution in [3.8, 4) is 0 Å². The number of aryl methyl sites for hydroxylation is 1. The lowest BCUT2D eigenvalue weighted by molar-refractivity contribution is -0.145. The molecule has 0 aliphatic carbocycles. The molecule has 10 heteroatoms. The molecule has 0 saturated carbocycles. The number of hydrogen-bond acceptors (Lipinski definition) is 8. The number of nitrogens with zero attached hydrogens (tertiary/aromatic N) is 4. The quantitative estimate of drug-likeness (QED) is 0.257. The molecule has 1 aromatic heterocycles. The summed E-state index contributed by atoms with van der Waals surface area (Å²) in [4.78, 5) is 26.5. The van der Waals surface area contributed by atoms with Gasteiger partial charge in [0.15, 0.2) is 0 Å². The van der Waals surface area contributed by atoms with Crippen molar-refractivity contribution in [1.82, 2.24) is 19.9 Å². The lowest BCUT2D eigenvalue weighted by Gasteiger charge is -2.35. The maximum Gasteiger partial charge on any atom is 0.243 e. The third-order valence-corrected chi connectivity index (χ3v) is 7.71. The first-order valence-electron chi connectivity index (χ1n) is 12.7. The molecule has 8 nitrogen and oxygen atoms in total. The second kappa shape index (κ2) is 12.2. The van der Waals surface area contributed by atoms with Crippen LogP contribution in [-0.4, -0.2) is 77.9 Å². The van der Waals surface area contributed by atoms with Gasteiger partial charge in [0.2, 0.25) is 11.8 Å². The van der Waals surface area contributed by atoms with Gasteiger partial charge in [-0.05, 0) is 67.1 Å². The molecule has 0 N–H and O–H groups in total. The number of carbonyl (C=O) groups excluding carboxylic acids is 2. The Morgan fingerprint density at radius 3 is 2.19 bits per heavy atom. The topological polar surface area (TPSA) is 86.6 Å². The van der Waals surface area contributed by atoms with Crippen LogP contribution in [0.4, 0.5) is 0 Å². The zero-order valence-electron chi connectivity index (χ0n) is 23.6. The van der Waals surface area contributed by atoms with E-state index in [4.69, 9.17) is 9.47 Å². The van der Waals surface area contributed by atoms with Crippen LogP contribution in [0.3, 0.4) is 0 Å². The zero-order chi connectivity index (χ0) is 27.4. The van der Waals surface area contributed by atoms with Crippen LogP contribution in [0.25, 0.3) is 0 Å². The zero-order valence-corrected chi connectivity index (χ0v) is 25.3. The number of aromatic nitrogens is 3. The van der Waals surface area contributed by atoms with E-state index in [0.717, 1.165) is 18.5 Å². The van der Waals surface area contributed by atoms with Gasteiger partial charge in [-0.2, -0.15) is 24.4 Å². The Kier molecular flexibility index (Phi) is 10.5. The third-order valence-electron chi connectivity index (χ3n) is 6.54. The Morgan fingerprint density at radius 1 is 1.00 bits per heavy atom. The summed E-state index contributed by atoms with van der Waals surface area (Å²) in [7, 11) is 0. The smallest absolute Gasteiger partial charge is 0.243 e. The van der Waals surface area contributed by atoms with Crippen LogP contribution >= 0.6 is 24.4 Å². The fraction of sp³-hybridized carbons (Fsp3) is 0.846. The monoisotopic (exact) mass is 542 g/mol. The minimum absolute atomic E-state index is 0.0399. The summed E-state index contributed by atoms with van der Waals surface area (Å²) >= 11 is 5.99. The average Bonchev–Trinajstić information content (AvgIpc) is 3.27. The lowest BCUT2D eigenvalue weighted by Crippen LogP contribution is -2.49. The Bertz CT molecular complexity index is 893. The van der Waals surface area contributed by atoms with Gasteiger partial charge in [-0.25, -0.2) is 0 Å². The first-order valence-corrected chi connectivity index (χ1v) is 14.5. The van der Waals surface area contributed by atoms with Gasteiger partial charge in [0, 0.05) is 49.1 Å². The van der Waals surface area contributed by atoms with E-state index in [2.05, 4.69) is 50.6 Å². The molecule has 1 fully saturated rings. The van der Waals surface area contributed by atoms with Gasteiger partial charge in [-0.15, -0.1) is 5.10 Å². The van der Waals surface area contributed by atoms with Gasteiger partial charge in [0.05, 0.1) is 22.1 Å². The van der Waals surface area contributed by atoms with E-state index in [-0.39, 0.29) is 33.8 Å². The maximum absolute atomic E-state index is 12.6. The van der Waals surface area contributed by atoms with E-state index in [1.165, 1.54) is 16.7 Å². The van der Waals surface area contributed by atoms with Crippen LogP contribution in [0.15, 0.2) is 6.20 Å². The molecule has 1 unspecified atom stereocenters. The van der Waals surface area contributed by atoms with Crippen LogP contribution in [-0.2, 0) is 32.0 Å². The molecule has 1 aromatic rings. The molecule has 2 rings (SSSR count). The molecular formula is C26H46N4O4S2. The number of thiol groups is 1. The molecule has 0 spiro atoms. The van der Waals surface area contributed by atoms with Crippen LogP contribution < -0.4 is 0 Å². The van der Waals surface area contributed by atoms with Crippen molar-refractivity contribution in [1.29, 1.82) is 0 Å². The molecule has 0 bridgehead atoms. The molecule has 0 aromatic carbocycles. The Labute approximate surface area is 227 Å². The van der Waals surface area contributed by atoms with E-state index in [1.807, 2.05) is 44.8 Å². The molecule has 0 radical (unpaired) electrons. The summed E-state index contributed by atoms with van der Waals surface area (Å²) in [5.41, 5.74) is -0.439. The number of carbonyl (C=O) groups is 2. The average molecular weight is 543 g/mol. The molecule has 206 valence electrons. The standard InChI is InChI=1S/C26H46N4O4S2/c1-23(2,30-21(31)16-20(36-9)22(30)32)11-14-34-25(5,6)17-19-18-29(28-27-19)13-10-24(3,4)33-15-12-26(7,8)35/h18,20,35H,10-17H2,1-9H3. The fourth-order valence-corrected chi connectivity index (χ4v) is 4.87. The number of likely N-dealkylation sites (tertiary alicyclic amines) is 1. The molecule has 2 amide bonds. The van der Waals surface area contributed by atoms with E-state index < -0.39 is 11.1 Å². The molecule has 1 atom stereocenters. The number of amides is 2. The van der Waals surface area contributed by atoms with E-state index >= 15 is 0 Å². The van der Waals surface area contributed by atoms with Crippen molar-refractivity contribution < 1.29 is 19.1 Å². The minimum Gasteiger partial charge on any atom is -0.375 e. The number of imide groups is 1. The Balaban J connectivity index is 1.82. The number of rotatable bonds is 15. The highest BCUT2D eigenvalue weighted by molar-refractivity contribution is 8.00. The van der Waals surface area contributed by atoms with Crippen molar-refractivity contribution in [2.24, 2.45) is 0 Å². The normalized spacial score (nSPS) is 17.9. The predicted octanol–water partition coefficient (Wildman–Crippen LogP) is 4.56. The number of ether oxygens (including phenoxy) is 2. The van der Waals surface area contributed by atoms with Crippen molar-refractivity contribution in [3.63, 3.8) is 0 Å². The molecule has 2 heterocycles. The number of hydrogen-bond donors (Lipinski definition) is 1. The lowest BCUT2D eigenvalue weighted by atomic mass is 9.98. The predicted molar refractivity (Wildman–Crippen MR) is 149 cm³/mol. The van der Waals surface area contributed by atoms with E-state index in [1.54, 1.807) is 0 Å². The van der Waals surface area contributed by atoms with Gasteiger partial charge < -0.3 is 9.47 Å². The summed E-state index contributed by atoms with van der Waals surface area (Å²) in [6, 6.07) is 0. The first kappa shape index (κ1) is 31.1. The Morgan fingerprint density at radius 2 is 1.61 bits per heavy atom. The molecule has 1 aliphatic rings. The SMILES string of the molecule is CSC1CC(=O)N(C(C)(C)CCOC(C)(C)Cc2cn(CCC(C)(C)OCCC(C)(C)S)nn2)C1=O. The van der Waals surface area contributed by atoms with Gasteiger partial charge in [-0.3, -0.25) is 19.2 Å². The van der Waals surface area contributed by atoms with Crippen molar-refractivity contribution in [2.75, 3.05) is 19.5 Å². The van der Waals surface area contributed by atoms with Crippen molar-refractivity contribution in [3.05, 3.63) is 11.9 Å². The number of thioether (sulfide) groups is 1. The second-order valence-corrected chi connectivity index (χ2v) is 14.5. The highest BCUT2D eigenvalue weighted by atomic mass is 32.2. The summed E-state index contributed by atoms with van der Waals surface area (Å²) in [5.74, 6) is -0.188. The first-order chi connectivity index (χ1) is 16.4. The van der Waals surface area contributed by atoms with Crippen molar-refractivity contribution >= 4 is 36.2 Å². The third kappa shape index (κ3) is 9.65. The van der Waals surface area contributed by atoms with Crippen LogP contribution in [0.5, 0.6) is 0 Å². The summed E-state index contributed by atoms with van der Waals surface area (Å²) in [5, 5.41) is 8.35. The van der Waals surface area contributed by atoms with Gasteiger partial charge in [0.1, 0.15) is 0 Å². The van der Waals surface area contributed by atoms with Crippen LogP contribution in [0, 0.1) is 0 Å². The largest absolute Gasteiger partial charge is 0.375 e. The van der Waals surface area contributed by atoms with Crippen LogP contribution in [0.2, 0.25) is 0 Å². The second-order valence-electron chi connectivity index (χ2n) is 12.2. The molecule has 36 heavy (non-hydrogen) atoms. The van der Waals surface area contributed by atoms with Gasteiger partial charge in [-0.1, -0.05) is 19.1 Å². The highest BCUT2D eigenvalue weighted by Gasteiger charge is 2.45. The molecular weight excluding hydrogens is 496 g/mol. The summed E-state index contributed by atoms with van der Waals surface area (Å²) in [6.07, 6.45) is 7.01. The maximum atomic E-state index is 12.6. The minimum atomic E-state index is -0.588. The van der Waals surface area contributed by atoms with Crippen molar-refractivity contribution in [2.45, 2.75) is 121 Å². The summed E-state index contributed by atoms with van der Waals surface area (Å²) < 4.78 is 14.1. The molecule has 1 saturated heterocycles.